The fourth-order valence-electron chi connectivity index (χ4n) is 2.46. The predicted octanol–water partition coefficient (Wildman–Crippen LogP) is 1.03. The maximum Gasteiger partial charge on any atom is 0.261 e. The Balaban J connectivity index is 2.06. The van der Waals surface area contributed by atoms with E-state index in [0.717, 1.165) is 4.90 Å². The molecule has 2 heterocycles. The summed E-state index contributed by atoms with van der Waals surface area (Å²) < 4.78 is 5.15. The van der Waals surface area contributed by atoms with Crippen LogP contribution >= 0.6 is 0 Å². The molecule has 2 aromatic rings. The van der Waals surface area contributed by atoms with Crippen molar-refractivity contribution < 1.29 is 18.8 Å². The molecule has 2 N–H and O–H groups in total. The molecule has 1 aromatic carbocycles. The second kappa shape index (κ2) is 4.90. The molecule has 0 saturated carbocycles. The molecule has 3 rings (SSSR count). The van der Waals surface area contributed by atoms with E-state index >= 15 is 0 Å². The van der Waals surface area contributed by atoms with Crippen molar-refractivity contribution in [3.8, 4) is 0 Å². The molecular weight excluding hydrogens is 272 g/mol. The molecule has 0 spiro atoms. The van der Waals surface area contributed by atoms with Crippen LogP contribution in [0.15, 0.2) is 47.1 Å². The molecule has 0 saturated heterocycles. The Morgan fingerprint density at radius 3 is 2.62 bits per heavy atom. The van der Waals surface area contributed by atoms with Gasteiger partial charge >= 0.3 is 0 Å². The van der Waals surface area contributed by atoms with Gasteiger partial charge in [-0.3, -0.25) is 19.3 Å². The average Bonchev–Trinajstić information content (AvgIpc) is 2.96. The van der Waals surface area contributed by atoms with E-state index in [1.807, 2.05) is 0 Å². The van der Waals surface area contributed by atoms with Gasteiger partial charge in [0.2, 0.25) is 11.8 Å². The largest absolute Gasteiger partial charge is 0.467 e. The van der Waals surface area contributed by atoms with Crippen LogP contribution in [0.2, 0.25) is 0 Å². The summed E-state index contributed by atoms with van der Waals surface area (Å²) in [6.07, 6.45) is 1.45. The minimum absolute atomic E-state index is 0.0250. The molecule has 0 radical (unpaired) electrons. The standard InChI is InChI=1S/C15H12N2O4/c16-13(18)12-10-5-1-2-6-11(10)14(19)17(15(12)20)8-9-4-3-7-21-9/h1-7,12H,8H2,(H2,16,18). The minimum Gasteiger partial charge on any atom is -0.467 e. The Bertz CT molecular complexity index is 721. The van der Waals surface area contributed by atoms with E-state index < -0.39 is 23.6 Å². The van der Waals surface area contributed by atoms with Crippen LogP contribution in [0, 0.1) is 0 Å². The molecule has 1 atom stereocenters. The number of primary amides is 1. The number of imide groups is 1. The lowest BCUT2D eigenvalue weighted by Gasteiger charge is -2.30. The summed E-state index contributed by atoms with van der Waals surface area (Å²) in [6, 6.07) is 9.81. The lowest BCUT2D eigenvalue weighted by atomic mass is 9.88. The van der Waals surface area contributed by atoms with Crippen LogP contribution in [0.4, 0.5) is 0 Å². The van der Waals surface area contributed by atoms with Crippen LogP contribution < -0.4 is 5.73 Å². The number of hydrogen-bond acceptors (Lipinski definition) is 4. The summed E-state index contributed by atoms with van der Waals surface area (Å²) in [6.45, 7) is -0.0250. The second-order valence-corrected chi connectivity index (χ2v) is 4.73. The van der Waals surface area contributed by atoms with Gasteiger partial charge in [-0.15, -0.1) is 0 Å². The van der Waals surface area contributed by atoms with E-state index in [-0.39, 0.29) is 6.54 Å². The lowest BCUT2D eigenvalue weighted by molar-refractivity contribution is -0.136. The van der Waals surface area contributed by atoms with Crippen LogP contribution in [-0.2, 0) is 16.1 Å². The van der Waals surface area contributed by atoms with Gasteiger partial charge in [-0.2, -0.15) is 0 Å². The van der Waals surface area contributed by atoms with Crippen molar-refractivity contribution in [2.45, 2.75) is 12.5 Å². The van der Waals surface area contributed by atoms with Crippen LogP contribution in [0.3, 0.4) is 0 Å². The number of amides is 3. The van der Waals surface area contributed by atoms with Gasteiger partial charge in [0.25, 0.3) is 5.91 Å². The van der Waals surface area contributed by atoms with Crippen LogP contribution in [0.1, 0.15) is 27.6 Å². The smallest absolute Gasteiger partial charge is 0.261 e. The van der Waals surface area contributed by atoms with Crippen molar-refractivity contribution in [3.05, 3.63) is 59.5 Å². The van der Waals surface area contributed by atoms with E-state index in [0.29, 0.717) is 16.9 Å². The molecule has 1 aromatic heterocycles. The van der Waals surface area contributed by atoms with Gasteiger partial charge in [0.05, 0.1) is 12.8 Å². The van der Waals surface area contributed by atoms with Crippen molar-refractivity contribution in [1.82, 2.24) is 4.90 Å². The van der Waals surface area contributed by atoms with Crippen LogP contribution in [0.5, 0.6) is 0 Å². The first-order valence-electron chi connectivity index (χ1n) is 6.36. The molecule has 0 aliphatic carbocycles. The number of nitrogens with zero attached hydrogens (tertiary/aromatic N) is 1. The summed E-state index contributed by atoms with van der Waals surface area (Å²) in [5, 5.41) is 0. The summed E-state index contributed by atoms with van der Waals surface area (Å²) >= 11 is 0. The Hall–Kier alpha value is -2.89. The molecule has 1 unspecified atom stereocenters. The van der Waals surface area contributed by atoms with E-state index in [4.69, 9.17) is 10.2 Å². The number of hydrogen-bond donors (Lipinski definition) is 1. The third-order valence-electron chi connectivity index (χ3n) is 3.44. The van der Waals surface area contributed by atoms with Gasteiger partial charge in [-0.1, -0.05) is 18.2 Å². The first kappa shape index (κ1) is 13.1. The topological polar surface area (TPSA) is 93.6 Å². The zero-order valence-electron chi connectivity index (χ0n) is 11.0. The monoisotopic (exact) mass is 284 g/mol. The maximum absolute atomic E-state index is 12.4. The summed E-state index contributed by atoms with van der Waals surface area (Å²) in [5.41, 5.74) is 6.00. The Morgan fingerprint density at radius 2 is 1.95 bits per heavy atom. The highest BCUT2D eigenvalue weighted by atomic mass is 16.3. The number of carbonyl (C=O) groups excluding carboxylic acids is 3. The van der Waals surface area contributed by atoms with Crippen molar-refractivity contribution in [2.75, 3.05) is 0 Å². The first-order valence-corrected chi connectivity index (χ1v) is 6.36. The SMILES string of the molecule is NC(=O)C1C(=O)N(Cc2ccco2)C(=O)c2ccccc21. The van der Waals surface area contributed by atoms with Crippen molar-refractivity contribution in [3.63, 3.8) is 0 Å². The van der Waals surface area contributed by atoms with Gasteiger partial charge in [-0.25, -0.2) is 0 Å². The Kier molecular flexibility index (Phi) is 3.06. The van der Waals surface area contributed by atoms with Crippen LogP contribution in [-0.4, -0.2) is 22.6 Å². The highest BCUT2D eigenvalue weighted by Crippen LogP contribution is 2.30. The molecule has 0 fully saturated rings. The fraction of sp³-hybridized carbons (Fsp3) is 0.133. The zero-order valence-corrected chi connectivity index (χ0v) is 11.0. The Morgan fingerprint density at radius 1 is 1.19 bits per heavy atom. The summed E-state index contributed by atoms with van der Waals surface area (Å²) in [7, 11) is 0. The molecule has 3 amide bonds. The van der Waals surface area contributed by atoms with Crippen molar-refractivity contribution in [1.29, 1.82) is 0 Å². The first-order chi connectivity index (χ1) is 10.1. The number of furan rings is 1. The maximum atomic E-state index is 12.4. The molecular formula is C15H12N2O4. The molecule has 21 heavy (non-hydrogen) atoms. The second-order valence-electron chi connectivity index (χ2n) is 4.73. The van der Waals surface area contributed by atoms with Gasteiger partial charge in [0.1, 0.15) is 11.7 Å². The van der Waals surface area contributed by atoms with Crippen molar-refractivity contribution in [2.24, 2.45) is 5.73 Å². The molecule has 6 nitrogen and oxygen atoms in total. The summed E-state index contributed by atoms with van der Waals surface area (Å²) in [5.74, 6) is -2.54. The van der Waals surface area contributed by atoms with E-state index in [1.165, 1.54) is 6.26 Å². The fourth-order valence-corrected chi connectivity index (χ4v) is 2.46. The predicted molar refractivity (Wildman–Crippen MR) is 72.0 cm³/mol. The number of rotatable bonds is 3. The molecule has 1 aliphatic rings. The molecule has 6 heteroatoms. The molecule has 1 aliphatic heterocycles. The van der Waals surface area contributed by atoms with Gasteiger partial charge in [-0.05, 0) is 23.8 Å². The highest BCUT2D eigenvalue weighted by molar-refractivity contribution is 6.18. The zero-order chi connectivity index (χ0) is 15.0. The van der Waals surface area contributed by atoms with Gasteiger partial charge in [0.15, 0.2) is 0 Å². The lowest BCUT2D eigenvalue weighted by Crippen LogP contribution is -2.47. The third-order valence-corrected chi connectivity index (χ3v) is 3.44. The minimum atomic E-state index is -1.14. The van der Waals surface area contributed by atoms with Gasteiger partial charge in [0, 0.05) is 5.56 Å². The van der Waals surface area contributed by atoms with E-state index in [1.54, 1.807) is 36.4 Å². The summed E-state index contributed by atoms with van der Waals surface area (Å²) in [4.78, 5) is 37.5. The Labute approximate surface area is 120 Å². The third kappa shape index (κ3) is 2.10. The quantitative estimate of drug-likeness (QED) is 0.673. The normalized spacial score (nSPS) is 17.7. The van der Waals surface area contributed by atoms with E-state index in [9.17, 15) is 14.4 Å². The van der Waals surface area contributed by atoms with Crippen molar-refractivity contribution >= 4 is 17.7 Å². The number of nitrogens with two attached hydrogens (primary N) is 1. The highest BCUT2D eigenvalue weighted by Gasteiger charge is 2.41. The molecule has 106 valence electrons. The number of fused-ring (bicyclic) bond motifs is 1. The van der Waals surface area contributed by atoms with E-state index in [2.05, 4.69) is 0 Å². The molecule has 0 bridgehead atoms. The number of carbonyl (C=O) groups is 3. The average molecular weight is 284 g/mol. The number of benzene rings is 1. The van der Waals surface area contributed by atoms with Crippen LogP contribution in [0.25, 0.3) is 0 Å². The van der Waals surface area contributed by atoms with Gasteiger partial charge < -0.3 is 10.2 Å².